The van der Waals surface area contributed by atoms with Gasteiger partial charge in [-0.25, -0.2) is 9.78 Å². The van der Waals surface area contributed by atoms with Crippen molar-refractivity contribution in [1.29, 1.82) is 0 Å². The van der Waals surface area contributed by atoms with Gasteiger partial charge < -0.3 is 19.5 Å². The van der Waals surface area contributed by atoms with Gasteiger partial charge in [0, 0.05) is 18.1 Å². The summed E-state index contributed by atoms with van der Waals surface area (Å²) in [6.45, 7) is 1.79. The standard InChI is InChI=1S/C14H16N2O4/c1-2-20-14(19)13(18)12(17)10-3-5-11(6-4-10)16-8-7-15-9-16/h3-9,12-13,17-18H,2H2,1H3. The number of esters is 1. The van der Waals surface area contributed by atoms with Crippen LogP contribution in [0.1, 0.15) is 18.6 Å². The maximum absolute atomic E-state index is 11.4. The van der Waals surface area contributed by atoms with Crippen molar-refractivity contribution < 1.29 is 19.7 Å². The Morgan fingerprint density at radius 2 is 2.05 bits per heavy atom. The molecule has 0 amide bonds. The molecule has 2 N–H and O–H groups in total. The number of aliphatic hydroxyl groups excluding tert-OH is 2. The molecule has 1 heterocycles. The van der Waals surface area contributed by atoms with E-state index >= 15 is 0 Å². The van der Waals surface area contributed by atoms with Crippen LogP contribution in [-0.2, 0) is 9.53 Å². The number of carbonyl (C=O) groups excluding carboxylic acids is 1. The lowest BCUT2D eigenvalue weighted by atomic mass is 10.0. The van der Waals surface area contributed by atoms with Gasteiger partial charge in [0.05, 0.1) is 12.9 Å². The Morgan fingerprint density at radius 1 is 1.35 bits per heavy atom. The van der Waals surface area contributed by atoms with Crippen LogP contribution in [0.4, 0.5) is 0 Å². The molecule has 0 aliphatic heterocycles. The van der Waals surface area contributed by atoms with Gasteiger partial charge in [-0.3, -0.25) is 0 Å². The van der Waals surface area contributed by atoms with Crippen LogP contribution in [0.3, 0.4) is 0 Å². The van der Waals surface area contributed by atoms with E-state index in [2.05, 4.69) is 9.72 Å². The molecule has 106 valence electrons. The number of carbonyl (C=O) groups is 1. The van der Waals surface area contributed by atoms with E-state index in [0.29, 0.717) is 5.56 Å². The number of imidazole rings is 1. The molecule has 0 aliphatic carbocycles. The second-order valence-corrected chi connectivity index (χ2v) is 4.20. The van der Waals surface area contributed by atoms with Gasteiger partial charge in [0.1, 0.15) is 6.10 Å². The minimum Gasteiger partial charge on any atom is -0.464 e. The quantitative estimate of drug-likeness (QED) is 0.790. The second kappa shape index (κ2) is 6.31. The van der Waals surface area contributed by atoms with Gasteiger partial charge in [-0.05, 0) is 24.6 Å². The van der Waals surface area contributed by atoms with E-state index in [1.54, 1.807) is 54.5 Å². The lowest BCUT2D eigenvalue weighted by Gasteiger charge is -2.17. The van der Waals surface area contributed by atoms with E-state index in [4.69, 9.17) is 0 Å². The van der Waals surface area contributed by atoms with E-state index in [1.807, 2.05) is 0 Å². The Balaban J connectivity index is 2.11. The molecule has 2 aromatic rings. The predicted octanol–water partition coefficient (Wildman–Crippen LogP) is 0.830. The van der Waals surface area contributed by atoms with Crippen molar-refractivity contribution in [3.63, 3.8) is 0 Å². The van der Waals surface area contributed by atoms with Crippen LogP contribution in [0.15, 0.2) is 43.0 Å². The Hall–Kier alpha value is -2.18. The van der Waals surface area contributed by atoms with Crippen LogP contribution in [0, 0.1) is 0 Å². The van der Waals surface area contributed by atoms with E-state index in [9.17, 15) is 15.0 Å². The molecule has 6 nitrogen and oxygen atoms in total. The minimum absolute atomic E-state index is 0.155. The number of rotatable bonds is 5. The van der Waals surface area contributed by atoms with Crippen molar-refractivity contribution in [2.24, 2.45) is 0 Å². The Morgan fingerprint density at radius 3 is 2.60 bits per heavy atom. The highest BCUT2D eigenvalue weighted by Crippen LogP contribution is 2.19. The summed E-state index contributed by atoms with van der Waals surface area (Å²) in [5, 5.41) is 19.6. The Kier molecular flexibility index (Phi) is 4.49. The Bertz CT molecular complexity index is 551. The first-order valence-electron chi connectivity index (χ1n) is 6.24. The van der Waals surface area contributed by atoms with E-state index in [1.165, 1.54) is 0 Å². The lowest BCUT2D eigenvalue weighted by molar-refractivity contribution is -0.159. The summed E-state index contributed by atoms with van der Waals surface area (Å²) in [5.41, 5.74) is 1.30. The molecule has 1 aromatic carbocycles. The highest BCUT2D eigenvalue weighted by Gasteiger charge is 2.26. The third-order valence-corrected chi connectivity index (χ3v) is 2.86. The summed E-state index contributed by atoms with van der Waals surface area (Å²) in [6.07, 6.45) is 2.20. The topological polar surface area (TPSA) is 84.6 Å². The molecule has 0 saturated heterocycles. The molecular weight excluding hydrogens is 260 g/mol. The molecule has 2 atom stereocenters. The zero-order valence-corrected chi connectivity index (χ0v) is 11.0. The van der Waals surface area contributed by atoms with Crippen LogP contribution in [0.25, 0.3) is 5.69 Å². The third kappa shape index (κ3) is 3.04. The van der Waals surface area contributed by atoms with Crippen molar-refractivity contribution >= 4 is 5.97 Å². The SMILES string of the molecule is CCOC(=O)C(O)C(O)c1ccc(-n2ccnc2)cc1. The maximum Gasteiger partial charge on any atom is 0.338 e. The zero-order chi connectivity index (χ0) is 14.5. The fourth-order valence-corrected chi connectivity index (χ4v) is 1.79. The van der Waals surface area contributed by atoms with Crippen molar-refractivity contribution in [3.8, 4) is 5.69 Å². The fourth-order valence-electron chi connectivity index (χ4n) is 1.79. The molecule has 20 heavy (non-hydrogen) atoms. The van der Waals surface area contributed by atoms with Gasteiger partial charge in [0.2, 0.25) is 0 Å². The van der Waals surface area contributed by atoms with E-state index in [-0.39, 0.29) is 6.61 Å². The summed E-state index contributed by atoms with van der Waals surface area (Å²) in [7, 11) is 0. The van der Waals surface area contributed by atoms with Crippen molar-refractivity contribution in [1.82, 2.24) is 9.55 Å². The molecule has 0 bridgehead atoms. The lowest BCUT2D eigenvalue weighted by Crippen LogP contribution is -2.29. The van der Waals surface area contributed by atoms with Gasteiger partial charge in [0.25, 0.3) is 0 Å². The van der Waals surface area contributed by atoms with Crippen LogP contribution in [0.2, 0.25) is 0 Å². The molecule has 0 spiro atoms. The highest BCUT2D eigenvalue weighted by molar-refractivity contribution is 5.75. The summed E-state index contributed by atoms with van der Waals surface area (Å²) >= 11 is 0. The molecule has 0 radical (unpaired) electrons. The summed E-state index contributed by atoms with van der Waals surface area (Å²) < 4.78 is 6.47. The van der Waals surface area contributed by atoms with Gasteiger partial charge in [-0.15, -0.1) is 0 Å². The summed E-state index contributed by atoms with van der Waals surface area (Å²) in [4.78, 5) is 15.3. The van der Waals surface area contributed by atoms with Crippen molar-refractivity contribution in [3.05, 3.63) is 48.5 Å². The van der Waals surface area contributed by atoms with Crippen LogP contribution in [-0.4, -0.2) is 38.4 Å². The average Bonchev–Trinajstić information content (AvgIpc) is 3.00. The molecule has 1 aromatic heterocycles. The maximum atomic E-state index is 11.4. The molecule has 2 rings (SSSR count). The minimum atomic E-state index is -1.59. The van der Waals surface area contributed by atoms with Gasteiger partial charge >= 0.3 is 5.97 Å². The van der Waals surface area contributed by atoms with Gasteiger partial charge in [0.15, 0.2) is 6.10 Å². The van der Waals surface area contributed by atoms with E-state index < -0.39 is 18.2 Å². The van der Waals surface area contributed by atoms with Crippen LogP contribution < -0.4 is 0 Å². The molecule has 2 unspecified atom stereocenters. The smallest absolute Gasteiger partial charge is 0.338 e. The zero-order valence-electron chi connectivity index (χ0n) is 11.0. The monoisotopic (exact) mass is 276 g/mol. The number of ether oxygens (including phenoxy) is 1. The predicted molar refractivity (Wildman–Crippen MR) is 71.2 cm³/mol. The third-order valence-electron chi connectivity index (χ3n) is 2.86. The first-order valence-corrected chi connectivity index (χ1v) is 6.24. The average molecular weight is 276 g/mol. The number of hydrogen-bond donors (Lipinski definition) is 2. The van der Waals surface area contributed by atoms with Gasteiger partial charge in [-0.2, -0.15) is 0 Å². The molecule has 0 fully saturated rings. The number of aliphatic hydroxyl groups is 2. The molecule has 6 heteroatoms. The largest absolute Gasteiger partial charge is 0.464 e. The van der Waals surface area contributed by atoms with E-state index in [0.717, 1.165) is 5.69 Å². The highest BCUT2D eigenvalue weighted by atomic mass is 16.5. The Labute approximate surface area is 116 Å². The number of hydrogen-bond acceptors (Lipinski definition) is 5. The summed E-state index contributed by atoms with van der Waals surface area (Å²) in [5.74, 6) is -0.835. The molecular formula is C14H16N2O4. The first kappa shape index (κ1) is 14.2. The molecule has 0 aliphatic rings. The fraction of sp³-hybridized carbons (Fsp3) is 0.286. The van der Waals surface area contributed by atoms with Gasteiger partial charge in [-0.1, -0.05) is 12.1 Å². The first-order chi connectivity index (χ1) is 9.63. The normalized spacial score (nSPS) is 13.8. The number of aromatic nitrogens is 2. The number of nitrogens with zero attached hydrogens (tertiary/aromatic N) is 2. The van der Waals surface area contributed by atoms with Crippen molar-refractivity contribution in [2.75, 3.05) is 6.61 Å². The number of benzene rings is 1. The second-order valence-electron chi connectivity index (χ2n) is 4.20. The van der Waals surface area contributed by atoms with Crippen LogP contribution >= 0.6 is 0 Å². The summed E-state index contributed by atoms with van der Waals surface area (Å²) in [6, 6.07) is 6.81. The van der Waals surface area contributed by atoms with Crippen LogP contribution in [0.5, 0.6) is 0 Å². The van der Waals surface area contributed by atoms with Crippen molar-refractivity contribution in [2.45, 2.75) is 19.1 Å². The molecule has 0 saturated carbocycles.